The van der Waals surface area contributed by atoms with Crippen LogP contribution >= 0.6 is 0 Å². The molecule has 2 aromatic rings. The molecule has 0 spiro atoms. The molecule has 1 unspecified atom stereocenters. The van der Waals surface area contributed by atoms with Gasteiger partial charge in [0.05, 0.1) is 27.2 Å². The van der Waals surface area contributed by atoms with E-state index in [9.17, 15) is 9.00 Å². The fraction of sp³-hybridized carbons (Fsp3) is 0.118. The lowest BCUT2D eigenvalue weighted by atomic mass is 10.1. The first-order chi connectivity index (χ1) is 10.7. The zero-order valence-corrected chi connectivity index (χ0v) is 12.6. The third kappa shape index (κ3) is 2.61. The summed E-state index contributed by atoms with van der Waals surface area (Å²) in [6.07, 6.45) is 1.66. The summed E-state index contributed by atoms with van der Waals surface area (Å²) in [6, 6.07) is 14.4. The number of anilines is 1. The van der Waals surface area contributed by atoms with Gasteiger partial charge in [-0.05, 0) is 29.8 Å². The molecule has 0 amide bonds. The van der Waals surface area contributed by atoms with Crippen LogP contribution in [-0.4, -0.2) is 28.3 Å². The Bertz CT molecular complexity index is 746. The molecule has 0 saturated heterocycles. The fourth-order valence-electron chi connectivity index (χ4n) is 2.39. The van der Waals surface area contributed by atoms with E-state index in [4.69, 9.17) is 5.11 Å². The maximum atomic E-state index is 12.5. The molecule has 112 valence electrons. The number of para-hydroxylation sites is 1. The summed E-state index contributed by atoms with van der Waals surface area (Å²) in [5, 5.41) is 12.0. The summed E-state index contributed by atoms with van der Waals surface area (Å²) in [5.41, 5.74) is 2.08. The van der Waals surface area contributed by atoms with Crippen LogP contribution < -0.4 is 5.32 Å². The molecule has 5 heteroatoms. The Morgan fingerprint density at radius 2 is 1.82 bits per heavy atom. The van der Waals surface area contributed by atoms with E-state index in [1.54, 1.807) is 30.3 Å². The Hall–Kier alpha value is -2.24. The number of nitrogens with one attached hydrogen (secondary N) is 1. The Morgan fingerprint density at radius 1 is 1.09 bits per heavy atom. The van der Waals surface area contributed by atoms with Gasteiger partial charge in [0.15, 0.2) is 0 Å². The highest BCUT2D eigenvalue weighted by Gasteiger charge is 2.31. The standard InChI is InChI=1S/C17H15NO3S/c19-10-9-18-14-7-3-1-5-12(14)11-16-17(20)13-6-2-4-8-15(13)22(16)21/h1-8,11,18-19H,9-10H2. The van der Waals surface area contributed by atoms with Crippen molar-refractivity contribution in [2.24, 2.45) is 0 Å². The maximum Gasteiger partial charge on any atom is 0.203 e. The van der Waals surface area contributed by atoms with Crippen molar-refractivity contribution in [3.8, 4) is 0 Å². The number of aliphatic hydroxyl groups excluding tert-OH is 1. The summed E-state index contributed by atoms with van der Waals surface area (Å²) >= 11 is 0. The first-order valence-corrected chi connectivity index (χ1v) is 8.08. The van der Waals surface area contributed by atoms with Gasteiger partial charge >= 0.3 is 0 Å². The minimum Gasteiger partial charge on any atom is -0.395 e. The summed E-state index contributed by atoms with van der Waals surface area (Å²) in [4.78, 5) is 13.3. The Labute approximate surface area is 130 Å². The van der Waals surface area contributed by atoms with Crippen LogP contribution in [0.1, 0.15) is 15.9 Å². The molecule has 3 rings (SSSR count). The molecular weight excluding hydrogens is 298 g/mol. The average Bonchev–Trinajstić information content (AvgIpc) is 2.79. The van der Waals surface area contributed by atoms with Crippen LogP contribution in [0.2, 0.25) is 0 Å². The van der Waals surface area contributed by atoms with Gasteiger partial charge in [0.1, 0.15) is 0 Å². The van der Waals surface area contributed by atoms with E-state index in [1.807, 2.05) is 24.3 Å². The third-order valence-electron chi connectivity index (χ3n) is 3.43. The molecule has 1 atom stereocenters. The molecule has 22 heavy (non-hydrogen) atoms. The van der Waals surface area contributed by atoms with Crippen molar-refractivity contribution in [1.82, 2.24) is 0 Å². The number of aliphatic hydroxyl groups is 1. The fourth-order valence-corrected chi connectivity index (χ4v) is 3.70. The van der Waals surface area contributed by atoms with Crippen molar-refractivity contribution in [3.05, 3.63) is 64.6 Å². The molecule has 0 aliphatic carbocycles. The number of hydrogen-bond acceptors (Lipinski definition) is 4. The van der Waals surface area contributed by atoms with E-state index in [-0.39, 0.29) is 12.4 Å². The van der Waals surface area contributed by atoms with Gasteiger partial charge in [-0.3, -0.25) is 4.79 Å². The number of benzene rings is 2. The molecular formula is C17H15NO3S. The molecule has 0 bridgehead atoms. The quantitative estimate of drug-likeness (QED) is 0.851. The molecule has 0 radical (unpaired) electrons. The van der Waals surface area contributed by atoms with Crippen molar-refractivity contribution >= 4 is 28.3 Å². The molecule has 0 saturated carbocycles. The van der Waals surface area contributed by atoms with Gasteiger partial charge in [-0.15, -0.1) is 0 Å². The van der Waals surface area contributed by atoms with Crippen molar-refractivity contribution in [2.75, 3.05) is 18.5 Å². The van der Waals surface area contributed by atoms with Crippen molar-refractivity contribution in [3.63, 3.8) is 0 Å². The highest BCUT2D eigenvalue weighted by Crippen LogP contribution is 2.32. The van der Waals surface area contributed by atoms with Crippen molar-refractivity contribution in [1.29, 1.82) is 0 Å². The second-order valence-corrected chi connectivity index (χ2v) is 6.26. The number of hydrogen-bond donors (Lipinski definition) is 2. The number of rotatable bonds is 4. The summed E-state index contributed by atoms with van der Waals surface area (Å²) in [5.74, 6) is -0.189. The van der Waals surface area contributed by atoms with Crippen LogP contribution in [-0.2, 0) is 10.8 Å². The van der Waals surface area contributed by atoms with Gasteiger partial charge in [0.25, 0.3) is 0 Å². The van der Waals surface area contributed by atoms with E-state index >= 15 is 0 Å². The average molecular weight is 313 g/mol. The minimum absolute atomic E-state index is 0.0151. The second kappa shape index (κ2) is 6.25. The molecule has 1 aliphatic rings. The van der Waals surface area contributed by atoms with E-state index in [1.165, 1.54) is 0 Å². The van der Waals surface area contributed by atoms with E-state index < -0.39 is 10.8 Å². The summed E-state index contributed by atoms with van der Waals surface area (Å²) < 4.78 is 12.5. The lowest BCUT2D eigenvalue weighted by Gasteiger charge is -2.08. The van der Waals surface area contributed by atoms with Gasteiger partial charge in [0, 0.05) is 17.8 Å². The number of Topliss-reactive ketones (excluding diaryl/α,β-unsaturated/α-hetero) is 1. The monoisotopic (exact) mass is 313 g/mol. The zero-order valence-electron chi connectivity index (χ0n) is 11.8. The van der Waals surface area contributed by atoms with Gasteiger partial charge in [-0.2, -0.15) is 0 Å². The molecule has 2 aromatic carbocycles. The van der Waals surface area contributed by atoms with Crippen LogP contribution in [0.15, 0.2) is 58.3 Å². The summed E-state index contributed by atoms with van der Waals surface area (Å²) in [7, 11) is -1.45. The number of carbonyl (C=O) groups is 1. The highest BCUT2D eigenvalue weighted by atomic mass is 32.2. The van der Waals surface area contributed by atoms with E-state index in [2.05, 4.69) is 5.32 Å². The largest absolute Gasteiger partial charge is 0.395 e. The highest BCUT2D eigenvalue weighted by molar-refractivity contribution is 7.91. The maximum absolute atomic E-state index is 12.5. The number of allylic oxidation sites excluding steroid dienone is 1. The Morgan fingerprint density at radius 3 is 2.59 bits per heavy atom. The van der Waals surface area contributed by atoms with E-state index in [0.717, 1.165) is 11.3 Å². The lowest BCUT2D eigenvalue weighted by molar-refractivity contribution is 0.104. The van der Waals surface area contributed by atoms with E-state index in [0.29, 0.717) is 21.9 Å². The predicted molar refractivity (Wildman–Crippen MR) is 87.2 cm³/mol. The number of fused-ring (bicyclic) bond motifs is 1. The first-order valence-electron chi connectivity index (χ1n) is 6.93. The number of ketones is 1. The SMILES string of the molecule is O=C1C(=Cc2ccccc2NCCO)S(=O)c2ccccc21. The number of carbonyl (C=O) groups excluding carboxylic acids is 1. The molecule has 4 nitrogen and oxygen atoms in total. The first kappa shape index (κ1) is 14.7. The van der Waals surface area contributed by atoms with Crippen LogP contribution in [0.4, 0.5) is 5.69 Å². The Balaban J connectivity index is 2.01. The topological polar surface area (TPSA) is 66.4 Å². The molecule has 0 aromatic heterocycles. The minimum atomic E-state index is -1.45. The Kier molecular flexibility index (Phi) is 4.18. The molecule has 1 heterocycles. The zero-order chi connectivity index (χ0) is 15.5. The van der Waals surface area contributed by atoms with Crippen molar-refractivity contribution < 1.29 is 14.1 Å². The van der Waals surface area contributed by atoms with Gasteiger partial charge in [-0.1, -0.05) is 30.3 Å². The molecule has 1 aliphatic heterocycles. The molecule has 0 fully saturated rings. The van der Waals surface area contributed by atoms with Gasteiger partial charge in [-0.25, -0.2) is 4.21 Å². The second-order valence-electron chi connectivity index (χ2n) is 4.84. The van der Waals surface area contributed by atoms with Crippen molar-refractivity contribution in [2.45, 2.75) is 4.90 Å². The summed E-state index contributed by atoms with van der Waals surface area (Å²) in [6.45, 7) is 0.429. The third-order valence-corrected chi connectivity index (χ3v) is 4.89. The normalized spacial score (nSPS) is 18.5. The van der Waals surface area contributed by atoms with Crippen LogP contribution in [0.3, 0.4) is 0 Å². The molecule has 2 N–H and O–H groups in total. The van der Waals surface area contributed by atoms with Crippen LogP contribution in [0.25, 0.3) is 6.08 Å². The van der Waals surface area contributed by atoms with Crippen LogP contribution in [0, 0.1) is 0 Å². The van der Waals surface area contributed by atoms with Crippen LogP contribution in [0.5, 0.6) is 0 Å². The smallest absolute Gasteiger partial charge is 0.203 e. The van der Waals surface area contributed by atoms with Gasteiger partial charge in [0.2, 0.25) is 5.78 Å². The predicted octanol–water partition coefficient (Wildman–Crippen LogP) is 2.44. The van der Waals surface area contributed by atoms with Gasteiger partial charge < -0.3 is 10.4 Å². The lowest BCUT2D eigenvalue weighted by Crippen LogP contribution is -2.06.